The summed E-state index contributed by atoms with van der Waals surface area (Å²) in [6.45, 7) is 4.73. The van der Waals surface area contributed by atoms with Crippen molar-refractivity contribution in [2.24, 2.45) is 0 Å². The number of hydrogen-bond donors (Lipinski definition) is 0. The van der Waals surface area contributed by atoms with Gasteiger partial charge < -0.3 is 14.5 Å². The van der Waals surface area contributed by atoms with E-state index in [2.05, 4.69) is 4.90 Å². The lowest BCUT2D eigenvalue weighted by Crippen LogP contribution is -2.54. The lowest BCUT2D eigenvalue weighted by molar-refractivity contribution is -0.134. The Morgan fingerprint density at radius 3 is 2.50 bits per heavy atom. The van der Waals surface area contributed by atoms with Crippen LogP contribution < -0.4 is 9.64 Å². The first-order chi connectivity index (χ1) is 16.4. The number of amides is 1. The standard InChI is InChI=1S/C24H28N4O4S2/c1-17-5-8-19(9-6-17)34(30,31)28-11-3-4-21(28)23(29)26-12-14-27(15-13-26)24-25-20-10-7-18(32-2)16-22(20)33-24/h5-10,16,21H,3-4,11-15H2,1-2H3. The van der Waals surface area contributed by atoms with Crippen molar-refractivity contribution in [2.75, 3.05) is 44.7 Å². The van der Waals surface area contributed by atoms with E-state index in [1.54, 1.807) is 47.6 Å². The summed E-state index contributed by atoms with van der Waals surface area (Å²) in [6, 6.07) is 12.0. The predicted octanol–water partition coefficient (Wildman–Crippen LogP) is 3.12. The first-order valence-electron chi connectivity index (χ1n) is 11.4. The Morgan fingerprint density at radius 1 is 1.06 bits per heavy atom. The van der Waals surface area contributed by atoms with Crippen LogP contribution in [0.1, 0.15) is 18.4 Å². The molecule has 2 aliphatic heterocycles. The van der Waals surface area contributed by atoms with Crippen LogP contribution in [0.2, 0.25) is 0 Å². The highest BCUT2D eigenvalue weighted by atomic mass is 32.2. The van der Waals surface area contributed by atoms with Gasteiger partial charge in [0.15, 0.2) is 5.13 Å². The Morgan fingerprint density at radius 2 is 1.79 bits per heavy atom. The second-order valence-electron chi connectivity index (χ2n) is 8.73. The molecule has 1 aromatic heterocycles. The van der Waals surface area contributed by atoms with Crippen LogP contribution in [0.3, 0.4) is 0 Å². The molecule has 0 aliphatic carbocycles. The zero-order valence-corrected chi connectivity index (χ0v) is 20.9. The number of fused-ring (bicyclic) bond motifs is 1. The predicted molar refractivity (Wildman–Crippen MR) is 133 cm³/mol. The minimum atomic E-state index is -3.71. The SMILES string of the molecule is COc1ccc2nc(N3CCN(C(=O)C4CCCN4S(=O)(=O)c4ccc(C)cc4)CC3)sc2c1. The number of sulfonamides is 1. The number of methoxy groups -OCH3 is 1. The number of benzene rings is 2. The van der Waals surface area contributed by atoms with Crippen molar-refractivity contribution in [1.29, 1.82) is 0 Å². The molecule has 0 spiro atoms. The first kappa shape index (κ1) is 23.1. The van der Waals surface area contributed by atoms with Crippen molar-refractivity contribution >= 4 is 42.6 Å². The summed E-state index contributed by atoms with van der Waals surface area (Å²) in [4.78, 5) is 22.4. The average Bonchev–Trinajstić information content (AvgIpc) is 3.51. The van der Waals surface area contributed by atoms with Gasteiger partial charge >= 0.3 is 0 Å². The van der Waals surface area contributed by atoms with E-state index < -0.39 is 16.1 Å². The van der Waals surface area contributed by atoms with E-state index in [1.807, 2.05) is 25.1 Å². The molecule has 0 saturated carbocycles. The van der Waals surface area contributed by atoms with Gasteiger partial charge in [-0.1, -0.05) is 29.0 Å². The van der Waals surface area contributed by atoms with Crippen LogP contribution in [-0.2, 0) is 14.8 Å². The smallest absolute Gasteiger partial charge is 0.243 e. The van der Waals surface area contributed by atoms with Crippen molar-refractivity contribution in [3.63, 3.8) is 0 Å². The molecule has 3 heterocycles. The van der Waals surface area contributed by atoms with Crippen LogP contribution >= 0.6 is 11.3 Å². The molecule has 5 rings (SSSR count). The van der Waals surface area contributed by atoms with Crippen LogP contribution in [0.25, 0.3) is 10.2 Å². The molecular formula is C24H28N4O4S2. The van der Waals surface area contributed by atoms with Crippen molar-refractivity contribution in [3.05, 3.63) is 48.0 Å². The number of rotatable bonds is 5. The highest BCUT2D eigenvalue weighted by molar-refractivity contribution is 7.89. The summed E-state index contributed by atoms with van der Waals surface area (Å²) >= 11 is 1.61. The number of carbonyl (C=O) groups excluding carboxylic acids is 1. The number of aromatic nitrogens is 1. The number of ether oxygens (including phenoxy) is 1. The molecule has 2 saturated heterocycles. The molecule has 8 nitrogen and oxygen atoms in total. The largest absolute Gasteiger partial charge is 0.497 e. The van der Waals surface area contributed by atoms with E-state index in [9.17, 15) is 13.2 Å². The van der Waals surface area contributed by atoms with E-state index in [-0.39, 0.29) is 10.8 Å². The van der Waals surface area contributed by atoms with E-state index in [4.69, 9.17) is 9.72 Å². The maximum absolute atomic E-state index is 13.4. The summed E-state index contributed by atoms with van der Waals surface area (Å²) in [6.07, 6.45) is 1.25. The quantitative estimate of drug-likeness (QED) is 0.535. The summed E-state index contributed by atoms with van der Waals surface area (Å²) in [7, 11) is -2.06. The molecule has 1 atom stereocenters. The Bertz CT molecular complexity index is 1300. The number of nitrogens with zero attached hydrogens (tertiary/aromatic N) is 4. The summed E-state index contributed by atoms with van der Waals surface area (Å²) in [5, 5.41) is 0.930. The van der Waals surface area contributed by atoms with Crippen molar-refractivity contribution in [2.45, 2.75) is 30.7 Å². The molecule has 0 bridgehead atoms. The van der Waals surface area contributed by atoms with Gasteiger partial charge in [-0.2, -0.15) is 4.31 Å². The molecule has 180 valence electrons. The molecule has 1 unspecified atom stereocenters. The van der Waals surface area contributed by atoms with Crippen LogP contribution in [0.4, 0.5) is 5.13 Å². The van der Waals surface area contributed by atoms with Gasteiger partial charge in [0.05, 0.1) is 22.2 Å². The molecule has 2 aliphatic rings. The van der Waals surface area contributed by atoms with Gasteiger partial charge in [-0.15, -0.1) is 0 Å². The van der Waals surface area contributed by atoms with Gasteiger partial charge in [-0.3, -0.25) is 4.79 Å². The Balaban J connectivity index is 1.26. The Hall–Kier alpha value is -2.69. The van der Waals surface area contributed by atoms with Crippen LogP contribution in [0.15, 0.2) is 47.4 Å². The molecular weight excluding hydrogens is 472 g/mol. The van der Waals surface area contributed by atoms with Gasteiger partial charge in [0.2, 0.25) is 15.9 Å². The zero-order valence-electron chi connectivity index (χ0n) is 19.3. The maximum atomic E-state index is 13.4. The normalized spacial score (nSPS) is 19.6. The fourth-order valence-electron chi connectivity index (χ4n) is 4.60. The second kappa shape index (κ2) is 9.16. The minimum Gasteiger partial charge on any atom is -0.497 e. The molecule has 10 heteroatoms. The fraction of sp³-hybridized carbons (Fsp3) is 0.417. The third-order valence-electron chi connectivity index (χ3n) is 6.56. The number of thiazole rings is 1. The van der Waals surface area contributed by atoms with Crippen molar-refractivity contribution < 1.29 is 17.9 Å². The maximum Gasteiger partial charge on any atom is 0.243 e. The highest BCUT2D eigenvalue weighted by Gasteiger charge is 2.41. The van der Waals surface area contributed by atoms with Crippen LogP contribution in [0, 0.1) is 6.92 Å². The zero-order chi connectivity index (χ0) is 23.9. The molecule has 1 amide bonds. The van der Waals surface area contributed by atoms with Gasteiger partial charge in [0, 0.05) is 32.7 Å². The van der Waals surface area contributed by atoms with Crippen LogP contribution in [-0.4, -0.2) is 74.4 Å². The number of aryl methyl sites for hydroxylation is 1. The molecule has 2 fully saturated rings. The summed E-state index contributed by atoms with van der Waals surface area (Å²) in [5.74, 6) is 0.710. The summed E-state index contributed by atoms with van der Waals surface area (Å²) < 4.78 is 34.3. The van der Waals surface area contributed by atoms with Crippen LogP contribution in [0.5, 0.6) is 5.75 Å². The van der Waals surface area contributed by atoms with Gasteiger partial charge in [-0.25, -0.2) is 13.4 Å². The molecule has 0 radical (unpaired) electrons. The van der Waals surface area contributed by atoms with E-state index in [0.29, 0.717) is 45.6 Å². The lowest BCUT2D eigenvalue weighted by Gasteiger charge is -2.37. The molecule has 2 aromatic carbocycles. The van der Waals surface area contributed by atoms with E-state index >= 15 is 0 Å². The summed E-state index contributed by atoms with van der Waals surface area (Å²) in [5.41, 5.74) is 1.93. The van der Waals surface area contributed by atoms with E-state index in [0.717, 1.165) is 26.7 Å². The highest BCUT2D eigenvalue weighted by Crippen LogP contribution is 2.32. The number of carbonyl (C=O) groups is 1. The van der Waals surface area contributed by atoms with Gasteiger partial charge in [0.1, 0.15) is 11.8 Å². The van der Waals surface area contributed by atoms with Gasteiger partial charge in [0.25, 0.3) is 0 Å². The fourth-order valence-corrected chi connectivity index (χ4v) is 7.30. The third-order valence-corrected chi connectivity index (χ3v) is 9.56. The van der Waals surface area contributed by atoms with Crippen molar-refractivity contribution in [3.8, 4) is 5.75 Å². The molecule has 3 aromatic rings. The molecule has 34 heavy (non-hydrogen) atoms. The van der Waals surface area contributed by atoms with Gasteiger partial charge in [-0.05, 0) is 50.1 Å². The molecule has 0 N–H and O–H groups in total. The number of piperazine rings is 1. The Labute approximate surface area is 203 Å². The number of hydrogen-bond acceptors (Lipinski definition) is 7. The Kier molecular flexibility index (Phi) is 6.22. The average molecular weight is 501 g/mol. The second-order valence-corrected chi connectivity index (χ2v) is 11.6. The van der Waals surface area contributed by atoms with E-state index in [1.165, 1.54) is 4.31 Å². The topological polar surface area (TPSA) is 83.1 Å². The third kappa shape index (κ3) is 4.25. The minimum absolute atomic E-state index is 0.0955. The van der Waals surface area contributed by atoms with Crippen molar-refractivity contribution in [1.82, 2.24) is 14.2 Å². The first-order valence-corrected chi connectivity index (χ1v) is 13.7. The number of anilines is 1. The lowest BCUT2D eigenvalue weighted by atomic mass is 10.2. The monoisotopic (exact) mass is 500 g/mol.